The Labute approximate surface area is 146 Å². The molecule has 1 heterocycles. The van der Waals surface area contributed by atoms with Crippen LogP contribution in [-0.4, -0.2) is 21.0 Å². The van der Waals surface area contributed by atoms with Crippen molar-refractivity contribution in [1.82, 2.24) is 15.2 Å². The van der Waals surface area contributed by atoms with Crippen LogP contribution in [0.5, 0.6) is 0 Å². The van der Waals surface area contributed by atoms with E-state index in [-0.39, 0.29) is 5.78 Å². The fourth-order valence-corrected chi connectivity index (χ4v) is 2.37. The highest BCUT2D eigenvalue weighted by Gasteiger charge is 2.03. The molecule has 0 aliphatic carbocycles. The first kappa shape index (κ1) is 16.6. The van der Waals surface area contributed by atoms with E-state index in [1.807, 2.05) is 18.2 Å². The Bertz CT molecular complexity index is 877. The van der Waals surface area contributed by atoms with E-state index in [0.29, 0.717) is 23.9 Å². The smallest absolute Gasteiger partial charge is 0.249 e. The normalized spacial score (nSPS) is 10.3. The highest BCUT2D eigenvalue weighted by Crippen LogP contribution is 2.15. The molecule has 3 aromatic rings. The van der Waals surface area contributed by atoms with Gasteiger partial charge in [-0.25, -0.2) is 0 Å². The molecule has 0 saturated carbocycles. The van der Waals surface area contributed by atoms with Gasteiger partial charge in [0.25, 0.3) is 0 Å². The zero-order valence-corrected chi connectivity index (χ0v) is 14.2. The van der Waals surface area contributed by atoms with Gasteiger partial charge in [0.2, 0.25) is 5.95 Å². The van der Waals surface area contributed by atoms with E-state index in [2.05, 4.69) is 50.9 Å². The van der Waals surface area contributed by atoms with Gasteiger partial charge in [-0.2, -0.15) is 10.1 Å². The minimum absolute atomic E-state index is 0.0341. The molecule has 0 saturated heterocycles. The first-order chi connectivity index (χ1) is 12.1. The summed E-state index contributed by atoms with van der Waals surface area (Å²) < 4.78 is 0. The molecular weight excluding hydrogens is 314 g/mol. The number of hydrogen-bond acceptors (Lipinski definition) is 6. The molecule has 0 unspecified atom stereocenters. The SMILES string of the molecule is CC(=O)c1ccc(Nc2nncc(NCc3cccc(C)c3)n2)cc1. The summed E-state index contributed by atoms with van der Waals surface area (Å²) in [6, 6.07) is 15.4. The third-order valence-corrected chi connectivity index (χ3v) is 3.66. The van der Waals surface area contributed by atoms with Gasteiger partial charge in [0.1, 0.15) is 0 Å². The maximum atomic E-state index is 11.3. The molecule has 0 bridgehead atoms. The summed E-state index contributed by atoms with van der Waals surface area (Å²) in [7, 11) is 0. The number of ketones is 1. The average Bonchev–Trinajstić information content (AvgIpc) is 2.61. The van der Waals surface area contributed by atoms with Crippen LogP contribution in [0.25, 0.3) is 0 Å². The van der Waals surface area contributed by atoms with Crippen LogP contribution >= 0.6 is 0 Å². The van der Waals surface area contributed by atoms with Gasteiger partial charge in [-0.1, -0.05) is 29.8 Å². The van der Waals surface area contributed by atoms with Gasteiger partial charge >= 0.3 is 0 Å². The third kappa shape index (κ3) is 4.60. The van der Waals surface area contributed by atoms with Gasteiger partial charge in [-0.15, -0.1) is 5.10 Å². The van der Waals surface area contributed by atoms with E-state index in [4.69, 9.17) is 0 Å². The number of anilines is 3. The van der Waals surface area contributed by atoms with Gasteiger partial charge in [0, 0.05) is 17.8 Å². The molecule has 0 amide bonds. The van der Waals surface area contributed by atoms with Crippen LogP contribution in [0.3, 0.4) is 0 Å². The topological polar surface area (TPSA) is 79.8 Å². The molecule has 0 fully saturated rings. The number of hydrogen-bond donors (Lipinski definition) is 2. The second-order valence-corrected chi connectivity index (χ2v) is 5.77. The zero-order valence-electron chi connectivity index (χ0n) is 14.2. The lowest BCUT2D eigenvalue weighted by Crippen LogP contribution is -2.05. The van der Waals surface area contributed by atoms with Crippen molar-refractivity contribution in [1.29, 1.82) is 0 Å². The molecular formula is C19H19N5O. The van der Waals surface area contributed by atoms with Gasteiger partial charge in [0.05, 0.1) is 6.20 Å². The van der Waals surface area contributed by atoms with Crippen molar-refractivity contribution in [3.8, 4) is 0 Å². The lowest BCUT2D eigenvalue weighted by molar-refractivity contribution is 0.101. The number of aromatic nitrogens is 3. The zero-order chi connectivity index (χ0) is 17.6. The van der Waals surface area contributed by atoms with E-state index >= 15 is 0 Å². The predicted molar refractivity (Wildman–Crippen MR) is 98.1 cm³/mol. The van der Waals surface area contributed by atoms with Crippen LogP contribution < -0.4 is 10.6 Å². The van der Waals surface area contributed by atoms with Crippen molar-refractivity contribution in [2.24, 2.45) is 0 Å². The Morgan fingerprint density at radius 1 is 1.12 bits per heavy atom. The molecule has 126 valence electrons. The molecule has 0 radical (unpaired) electrons. The van der Waals surface area contributed by atoms with Crippen molar-refractivity contribution in [2.45, 2.75) is 20.4 Å². The summed E-state index contributed by atoms with van der Waals surface area (Å²) in [5.74, 6) is 1.07. The maximum Gasteiger partial charge on any atom is 0.249 e. The monoisotopic (exact) mass is 333 g/mol. The van der Waals surface area contributed by atoms with Gasteiger partial charge in [-0.3, -0.25) is 4.79 Å². The Balaban J connectivity index is 1.65. The number of nitrogens with zero attached hydrogens (tertiary/aromatic N) is 3. The summed E-state index contributed by atoms with van der Waals surface area (Å²) in [5.41, 5.74) is 3.85. The first-order valence-corrected chi connectivity index (χ1v) is 7.97. The number of aryl methyl sites for hydroxylation is 1. The van der Waals surface area contributed by atoms with Crippen LogP contribution in [0.4, 0.5) is 17.5 Å². The summed E-state index contributed by atoms with van der Waals surface area (Å²) in [6.45, 7) is 4.26. The Hall–Kier alpha value is -3.28. The molecule has 3 rings (SSSR count). The van der Waals surface area contributed by atoms with E-state index in [1.165, 1.54) is 11.1 Å². The van der Waals surface area contributed by atoms with Gasteiger partial charge < -0.3 is 10.6 Å². The predicted octanol–water partition coefficient (Wildman–Crippen LogP) is 3.74. The number of carbonyl (C=O) groups is 1. The second kappa shape index (κ2) is 7.53. The maximum absolute atomic E-state index is 11.3. The van der Waals surface area contributed by atoms with Crippen molar-refractivity contribution in [3.05, 3.63) is 71.4 Å². The molecule has 0 spiro atoms. The number of benzene rings is 2. The van der Waals surface area contributed by atoms with Crippen LogP contribution in [0.2, 0.25) is 0 Å². The number of rotatable bonds is 6. The number of nitrogens with one attached hydrogen (secondary N) is 2. The Kier molecular flexibility index (Phi) is 4.99. The number of Topliss-reactive ketones (excluding diaryl/α,β-unsaturated/α-hetero) is 1. The van der Waals surface area contributed by atoms with E-state index in [9.17, 15) is 4.79 Å². The average molecular weight is 333 g/mol. The molecule has 0 atom stereocenters. The highest BCUT2D eigenvalue weighted by atomic mass is 16.1. The van der Waals surface area contributed by atoms with Gasteiger partial charge in [0.15, 0.2) is 11.6 Å². The van der Waals surface area contributed by atoms with Crippen molar-refractivity contribution >= 4 is 23.2 Å². The lowest BCUT2D eigenvalue weighted by Gasteiger charge is -2.08. The molecule has 0 aliphatic rings. The van der Waals surface area contributed by atoms with Crippen LogP contribution in [0.15, 0.2) is 54.7 Å². The standard InChI is InChI=1S/C19H19N5O/c1-13-4-3-5-15(10-13)11-20-18-12-21-24-19(23-18)22-17-8-6-16(7-9-17)14(2)25/h3-10,12H,11H2,1-2H3,(H2,20,22,23,24). The fraction of sp³-hybridized carbons (Fsp3) is 0.158. The van der Waals surface area contributed by atoms with E-state index in [1.54, 1.807) is 25.3 Å². The van der Waals surface area contributed by atoms with Gasteiger partial charge in [-0.05, 0) is 43.7 Å². The lowest BCUT2D eigenvalue weighted by atomic mass is 10.1. The summed E-state index contributed by atoms with van der Waals surface area (Å²) in [4.78, 5) is 15.7. The summed E-state index contributed by atoms with van der Waals surface area (Å²) >= 11 is 0. The Morgan fingerprint density at radius 3 is 2.64 bits per heavy atom. The quantitative estimate of drug-likeness (QED) is 0.669. The van der Waals surface area contributed by atoms with Crippen molar-refractivity contribution in [2.75, 3.05) is 10.6 Å². The minimum atomic E-state index is 0.0341. The molecule has 2 aromatic carbocycles. The Morgan fingerprint density at radius 2 is 1.92 bits per heavy atom. The largest absolute Gasteiger partial charge is 0.365 e. The molecule has 2 N–H and O–H groups in total. The third-order valence-electron chi connectivity index (χ3n) is 3.66. The summed E-state index contributed by atoms with van der Waals surface area (Å²) in [5, 5.41) is 14.3. The molecule has 6 heteroatoms. The van der Waals surface area contributed by atoms with Crippen LogP contribution in [-0.2, 0) is 6.54 Å². The van der Waals surface area contributed by atoms with Crippen LogP contribution in [0, 0.1) is 6.92 Å². The van der Waals surface area contributed by atoms with Crippen molar-refractivity contribution < 1.29 is 4.79 Å². The number of carbonyl (C=O) groups excluding carboxylic acids is 1. The molecule has 6 nitrogen and oxygen atoms in total. The molecule has 1 aromatic heterocycles. The summed E-state index contributed by atoms with van der Waals surface area (Å²) in [6.07, 6.45) is 1.58. The minimum Gasteiger partial charge on any atom is -0.365 e. The van der Waals surface area contributed by atoms with E-state index < -0.39 is 0 Å². The van der Waals surface area contributed by atoms with Crippen molar-refractivity contribution in [3.63, 3.8) is 0 Å². The first-order valence-electron chi connectivity index (χ1n) is 7.97. The van der Waals surface area contributed by atoms with E-state index in [0.717, 1.165) is 5.69 Å². The fourth-order valence-electron chi connectivity index (χ4n) is 2.37. The second-order valence-electron chi connectivity index (χ2n) is 5.77. The highest BCUT2D eigenvalue weighted by molar-refractivity contribution is 5.94. The molecule has 0 aliphatic heterocycles. The van der Waals surface area contributed by atoms with Crippen LogP contribution in [0.1, 0.15) is 28.4 Å². The molecule has 25 heavy (non-hydrogen) atoms.